The molecule has 1 aromatic rings. The number of nitrogens with one attached hydrogen (secondary N) is 1. The second-order valence-electron chi connectivity index (χ2n) is 3.35. The third kappa shape index (κ3) is 4.79. The smallest absolute Gasteiger partial charge is 0.346 e. The molecule has 0 aliphatic heterocycles. The summed E-state index contributed by atoms with van der Waals surface area (Å²) >= 11 is 0.428. The van der Waals surface area contributed by atoms with E-state index in [0.29, 0.717) is 11.8 Å². The number of thioether (sulfide) groups is 1. The molecular weight excluding hydrogens is 316 g/mol. The predicted octanol–water partition coefficient (Wildman–Crippen LogP) is 0.781. The number of nitrogens with zero attached hydrogens (tertiary/aromatic N) is 3. The number of rotatable bonds is 4. The minimum absolute atomic E-state index is 0.113. The molecule has 1 heterocycles. The summed E-state index contributed by atoms with van der Waals surface area (Å²) in [6.45, 7) is -1.53. The lowest BCUT2D eigenvalue weighted by Gasteiger charge is -2.08. The first-order valence-corrected chi connectivity index (χ1v) is 5.73. The molecule has 0 aliphatic rings. The molecule has 1 amide bonds. The largest absolute Gasteiger partial charge is 0.453 e. The summed E-state index contributed by atoms with van der Waals surface area (Å²) in [4.78, 5) is 11.0. The van der Waals surface area contributed by atoms with Gasteiger partial charge in [0.2, 0.25) is 11.1 Å². The van der Waals surface area contributed by atoms with Gasteiger partial charge < -0.3 is 11.2 Å². The Bertz CT molecular complexity index is 483. The highest BCUT2D eigenvalue weighted by atomic mass is 32.2. The zero-order valence-electron chi connectivity index (χ0n) is 9.42. The maximum Gasteiger partial charge on any atom is 0.453 e. The molecule has 0 unspecified atom stereocenters. The van der Waals surface area contributed by atoms with Gasteiger partial charge >= 0.3 is 12.4 Å². The van der Waals surface area contributed by atoms with Crippen molar-refractivity contribution < 1.29 is 31.1 Å². The zero-order chi connectivity index (χ0) is 15.6. The highest BCUT2D eigenvalue weighted by Gasteiger charge is 2.38. The average molecular weight is 323 g/mol. The lowest BCUT2D eigenvalue weighted by Crippen LogP contribution is -2.34. The Morgan fingerprint density at radius 3 is 2.30 bits per heavy atom. The number of hydrogen-bond donors (Lipinski definition) is 2. The Balaban J connectivity index is 2.55. The van der Waals surface area contributed by atoms with Gasteiger partial charge in [0.1, 0.15) is 6.54 Å². The van der Waals surface area contributed by atoms with E-state index in [1.165, 1.54) is 0 Å². The van der Waals surface area contributed by atoms with Crippen molar-refractivity contribution in [1.29, 1.82) is 0 Å². The highest BCUT2D eigenvalue weighted by molar-refractivity contribution is 7.99. The topological polar surface area (TPSA) is 85.8 Å². The van der Waals surface area contributed by atoms with Crippen molar-refractivity contribution in [3.8, 4) is 0 Å². The van der Waals surface area contributed by atoms with E-state index in [1.807, 2.05) is 0 Å². The fraction of sp³-hybridized carbons (Fsp3) is 0.571. The summed E-state index contributed by atoms with van der Waals surface area (Å²) in [7, 11) is 0. The minimum Gasteiger partial charge on any atom is -0.346 e. The molecule has 13 heteroatoms. The van der Waals surface area contributed by atoms with Crippen molar-refractivity contribution in [2.75, 3.05) is 18.1 Å². The number of hydrogen-bond acceptors (Lipinski definition) is 5. The van der Waals surface area contributed by atoms with Crippen LogP contribution in [0.15, 0.2) is 5.16 Å². The maximum atomic E-state index is 12.3. The van der Waals surface area contributed by atoms with Gasteiger partial charge in [-0.1, -0.05) is 11.8 Å². The normalized spacial score (nSPS) is 12.5. The quantitative estimate of drug-likeness (QED) is 0.486. The standard InChI is InChI=1S/C7H7F6N5OS/c8-6(9,10)2-15-3(19)1-20-5-17-16-4(18(5)14)7(11,12)13/h1-2,14H2,(H,15,19). The van der Waals surface area contributed by atoms with Crippen LogP contribution in [0.1, 0.15) is 5.82 Å². The number of aromatic nitrogens is 3. The Morgan fingerprint density at radius 1 is 1.25 bits per heavy atom. The first-order valence-electron chi connectivity index (χ1n) is 4.74. The molecule has 0 spiro atoms. The predicted molar refractivity (Wildman–Crippen MR) is 55.0 cm³/mol. The number of carbonyl (C=O) groups excluding carboxylic acids is 1. The summed E-state index contributed by atoms with van der Waals surface area (Å²) in [6, 6.07) is 0. The molecule has 0 fully saturated rings. The summed E-state index contributed by atoms with van der Waals surface area (Å²) in [6.07, 6.45) is -9.39. The molecule has 0 saturated carbocycles. The Morgan fingerprint density at radius 2 is 1.85 bits per heavy atom. The van der Waals surface area contributed by atoms with Crippen LogP contribution < -0.4 is 11.2 Å². The average Bonchev–Trinajstić information content (AvgIpc) is 2.64. The van der Waals surface area contributed by atoms with E-state index in [-0.39, 0.29) is 4.68 Å². The summed E-state index contributed by atoms with van der Waals surface area (Å²) in [5.41, 5.74) is 0. The molecule has 114 valence electrons. The Labute approximate surface area is 111 Å². The van der Waals surface area contributed by atoms with E-state index >= 15 is 0 Å². The van der Waals surface area contributed by atoms with Crippen molar-refractivity contribution in [2.45, 2.75) is 17.5 Å². The SMILES string of the molecule is Nn1c(SCC(=O)NCC(F)(F)F)nnc1C(F)(F)F. The fourth-order valence-corrected chi connectivity index (χ4v) is 1.64. The molecule has 3 N–H and O–H groups in total. The van der Waals surface area contributed by atoms with Crippen molar-refractivity contribution in [3.05, 3.63) is 5.82 Å². The van der Waals surface area contributed by atoms with Gasteiger partial charge in [-0.3, -0.25) is 4.79 Å². The number of halogens is 6. The molecule has 0 radical (unpaired) electrons. The second-order valence-corrected chi connectivity index (χ2v) is 4.30. The lowest BCUT2D eigenvalue weighted by atomic mass is 10.6. The Kier molecular flexibility index (Phi) is 4.73. The van der Waals surface area contributed by atoms with Crippen LogP contribution in [0.2, 0.25) is 0 Å². The molecule has 6 nitrogen and oxygen atoms in total. The van der Waals surface area contributed by atoms with Gasteiger partial charge in [0.05, 0.1) is 5.75 Å². The zero-order valence-corrected chi connectivity index (χ0v) is 10.2. The van der Waals surface area contributed by atoms with Gasteiger partial charge in [-0.25, -0.2) is 4.68 Å². The second kappa shape index (κ2) is 5.76. The van der Waals surface area contributed by atoms with Crippen molar-refractivity contribution >= 4 is 17.7 Å². The van der Waals surface area contributed by atoms with Crippen LogP contribution >= 0.6 is 11.8 Å². The van der Waals surface area contributed by atoms with Crippen molar-refractivity contribution in [1.82, 2.24) is 20.2 Å². The molecule has 0 aliphatic carbocycles. The Hall–Kier alpha value is -1.66. The number of nitrogen functional groups attached to an aromatic ring is 1. The number of alkyl halides is 6. The van der Waals surface area contributed by atoms with E-state index in [1.54, 1.807) is 5.32 Å². The van der Waals surface area contributed by atoms with Crippen molar-refractivity contribution in [2.24, 2.45) is 0 Å². The van der Waals surface area contributed by atoms with E-state index in [0.717, 1.165) is 0 Å². The van der Waals surface area contributed by atoms with E-state index in [2.05, 4.69) is 10.2 Å². The van der Waals surface area contributed by atoms with Gasteiger partial charge in [-0.2, -0.15) is 26.3 Å². The van der Waals surface area contributed by atoms with Crippen LogP contribution in [-0.2, 0) is 11.0 Å². The monoisotopic (exact) mass is 323 g/mol. The molecule has 20 heavy (non-hydrogen) atoms. The molecule has 0 saturated heterocycles. The number of nitrogens with two attached hydrogens (primary N) is 1. The lowest BCUT2D eigenvalue weighted by molar-refractivity contribution is -0.146. The highest BCUT2D eigenvalue weighted by Crippen LogP contribution is 2.28. The van der Waals surface area contributed by atoms with Crippen LogP contribution in [0.3, 0.4) is 0 Å². The third-order valence-corrected chi connectivity index (χ3v) is 2.68. The number of amides is 1. The molecule has 1 rings (SSSR count). The van der Waals surface area contributed by atoms with E-state index in [4.69, 9.17) is 5.84 Å². The number of carbonyl (C=O) groups is 1. The van der Waals surface area contributed by atoms with Gasteiger partial charge in [-0.15, -0.1) is 10.2 Å². The summed E-state index contributed by atoms with van der Waals surface area (Å²) < 4.78 is 72.4. The molecule has 0 aromatic carbocycles. The van der Waals surface area contributed by atoms with Crippen LogP contribution in [0, 0.1) is 0 Å². The van der Waals surface area contributed by atoms with Gasteiger partial charge in [0.25, 0.3) is 5.82 Å². The van der Waals surface area contributed by atoms with Gasteiger partial charge in [0, 0.05) is 0 Å². The minimum atomic E-state index is -4.82. The van der Waals surface area contributed by atoms with Crippen LogP contribution in [0.5, 0.6) is 0 Å². The first-order chi connectivity index (χ1) is 9.00. The summed E-state index contributed by atoms with van der Waals surface area (Å²) in [5, 5.41) is 6.97. The molecule has 0 atom stereocenters. The summed E-state index contributed by atoms with van der Waals surface area (Å²) in [5.74, 6) is 1.98. The van der Waals surface area contributed by atoms with Crippen molar-refractivity contribution in [3.63, 3.8) is 0 Å². The van der Waals surface area contributed by atoms with Gasteiger partial charge in [0.15, 0.2) is 0 Å². The van der Waals surface area contributed by atoms with E-state index < -0.39 is 41.5 Å². The first kappa shape index (κ1) is 16.4. The fourth-order valence-electron chi connectivity index (χ4n) is 0.949. The van der Waals surface area contributed by atoms with Crippen LogP contribution in [-0.4, -0.2) is 39.3 Å². The van der Waals surface area contributed by atoms with Crippen LogP contribution in [0.25, 0.3) is 0 Å². The molecule has 0 bridgehead atoms. The van der Waals surface area contributed by atoms with Gasteiger partial charge in [-0.05, 0) is 0 Å². The third-order valence-electron chi connectivity index (χ3n) is 1.74. The molecular formula is C7H7F6N5OS. The van der Waals surface area contributed by atoms with Crippen LogP contribution in [0.4, 0.5) is 26.3 Å². The van der Waals surface area contributed by atoms with E-state index in [9.17, 15) is 31.1 Å². The maximum absolute atomic E-state index is 12.3. The molecule has 1 aromatic heterocycles.